The van der Waals surface area contributed by atoms with E-state index < -0.39 is 0 Å². The molecule has 7 heteroatoms. The van der Waals surface area contributed by atoms with Crippen molar-refractivity contribution in [3.8, 4) is 0 Å². The monoisotopic (exact) mass is 467 g/mol. The molecule has 0 amide bonds. The van der Waals surface area contributed by atoms with E-state index in [-0.39, 0.29) is 24.0 Å². The van der Waals surface area contributed by atoms with Crippen molar-refractivity contribution in [2.75, 3.05) is 33.7 Å². The van der Waals surface area contributed by atoms with E-state index in [1.54, 1.807) is 11.3 Å². The van der Waals surface area contributed by atoms with Crippen LogP contribution < -0.4 is 10.6 Å². The zero-order valence-corrected chi connectivity index (χ0v) is 18.7. The van der Waals surface area contributed by atoms with Crippen molar-refractivity contribution in [2.24, 2.45) is 4.99 Å². The fourth-order valence-corrected chi connectivity index (χ4v) is 2.96. The summed E-state index contributed by atoms with van der Waals surface area (Å²) in [6.45, 7) is 7.89. The van der Waals surface area contributed by atoms with Gasteiger partial charge in [-0.2, -0.15) is 0 Å². The van der Waals surface area contributed by atoms with Gasteiger partial charge in [-0.1, -0.05) is 19.3 Å². The summed E-state index contributed by atoms with van der Waals surface area (Å²) < 4.78 is 0. The minimum atomic E-state index is 0. The maximum atomic E-state index is 4.60. The molecular weight excluding hydrogens is 433 g/mol. The number of nitrogens with one attached hydrogen (secondary N) is 2. The minimum Gasteiger partial charge on any atom is -0.357 e. The molecule has 140 valence electrons. The van der Waals surface area contributed by atoms with Gasteiger partial charge in [0, 0.05) is 24.2 Å². The number of aliphatic imine (C=N–C) groups is 1. The standard InChI is InChI=1S/C17H33N5S.HI/c1-5-18-17(21-14-16-20-13-15(2)23-16)19-11-9-7-6-8-10-12-22(3)4;/h13H,5-12,14H2,1-4H3,(H2,18,19,21);1H. The second-order valence-corrected chi connectivity index (χ2v) is 7.38. The molecule has 0 radical (unpaired) electrons. The lowest BCUT2D eigenvalue weighted by molar-refractivity contribution is 0.389. The third kappa shape index (κ3) is 12.0. The van der Waals surface area contributed by atoms with Crippen molar-refractivity contribution in [2.45, 2.75) is 52.5 Å². The molecule has 0 saturated heterocycles. The number of halogens is 1. The largest absolute Gasteiger partial charge is 0.357 e. The fourth-order valence-electron chi connectivity index (χ4n) is 2.25. The summed E-state index contributed by atoms with van der Waals surface area (Å²) in [4.78, 5) is 12.4. The molecule has 1 heterocycles. The number of thiazole rings is 1. The fraction of sp³-hybridized carbons (Fsp3) is 0.765. The number of aryl methyl sites for hydroxylation is 1. The van der Waals surface area contributed by atoms with E-state index >= 15 is 0 Å². The van der Waals surface area contributed by atoms with Crippen LogP contribution in [0.2, 0.25) is 0 Å². The Bertz CT molecular complexity index is 448. The molecule has 0 saturated carbocycles. The van der Waals surface area contributed by atoms with Crippen molar-refractivity contribution in [1.29, 1.82) is 0 Å². The molecule has 0 aliphatic carbocycles. The molecule has 1 rings (SSSR count). The highest BCUT2D eigenvalue weighted by molar-refractivity contribution is 14.0. The number of hydrogen-bond donors (Lipinski definition) is 2. The van der Waals surface area contributed by atoms with Gasteiger partial charge in [-0.15, -0.1) is 35.3 Å². The number of unbranched alkanes of at least 4 members (excludes halogenated alkanes) is 4. The Kier molecular flexibility index (Phi) is 14.6. The molecule has 1 aromatic heterocycles. The first-order chi connectivity index (χ1) is 11.1. The second-order valence-electron chi connectivity index (χ2n) is 6.06. The van der Waals surface area contributed by atoms with Crippen LogP contribution >= 0.6 is 35.3 Å². The Morgan fingerprint density at radius 3 is 2.50 bits per heavy atom. The van der Waals surface area contributed by atoms with Crippen molar-refractivity contribution < 1.29 is 0 Å². The van der Waals surface area contributed by atoms with Crippen LogP contribution in [0.15, 0.2) is 11.2 Å². The number of rotatable bonds is 11. The van der Waals surface area contributed by atoms with E-state index in [0.29, 0.717) is 6.54 Å². The van der Waals surface area contributed by atoms with Gasteiger partial charge in [0.15, 0.2) is 5.96 Å². The smallest absolute Gasteiger partial charge is 0.191 e. The predicted octanol–water partition coefficient (Wildman–Crippen LogP) is 3.64. The second kappa shape index (κ2) is 14.9. The lowest BCUT2D eigenvalue weighted by Gasteiger charge is -2.11. The normalized spacial score (nSPS) is 11.5. The third-order valence-electron chi connectivity index (χ3n) is 3.46. The van der Waals surface area contributed by atoms with Gasteiger partial charge in [-0.3, -0.25) is 0 Å². The summed E-state index contributed by atoms with van der Waals surface area (Å²) in [5.74, 6) is 0.896. The molecule has 0 spiro atoms. The summed E-state index contributed by atoms with van der Waals surface area (Å²) in [6.07, 6.45) is 8.34. The van der Waals surface area contributed by atoms with Crippen LogP contribution in [0, 0.1) is 6.92 Å². The Labute approximate surface area is 168 Å². The quantitative estimate of drug-likeness (QED) is 0.226. The molecule has 2 N–H and O–H groups in total. The van der Waals surface area contributed by atoms with E-state index in [1.807, 2.05) is 6.20 Å². The Morgan fingerprint density at radius 1 is 1.17 bits per heavy atom. The summed E-state index contributed by atoms with van der Waals surface area (Å²) in [5.41, 5.74) is 0. The topological polar surface area (TPSA) is 52.6 Å². The van der Waals surface area contributed by atoms with E-state index in [0.717, 1.165) is 24.1 Å². The van der Waals surface area contributed by atoms with Gasteiger partial charge in [0.25, 0.3) is 0 Å². The van der Waals surface area contributed by atoms with Gasteiger partial charge in [0.1, 0.15) is 5.01 Å². The highest BCUT2D eigenvalue weighted by Gasteiger charge is 2.00. The molecule has 0 fully saturated rings. The van der Waals surface area contributed by atoms with Gasteiger partial charge < -0.3 is 15.5 Å². The van der Waals surface area contributed by atoms with E-state index in [1.165, 1.54) is 43.5 Å². The number of guanidine groups is 1. The van der Waals surface area contributed by atoms with Crippen molar-refractivity contribution in [3.05, 3.63) is 16.1 Å². The van der Waals surface area contributed by atoms with Gasteiger partial charge in [0.2, 0.25) is 0 Å². The third-order valence-corrected chi connectivity index (χ3v) is 4.36. The summed E-state index contributed by atoms with van der Waals surface area (Å²) >= 11 is 1.71. The van der Waals surface area contributed by atoms with Crippen LogP contribution in [0.4, 0.5) is 0 Å². The maximum Gasteiger partial charge on any atom is 0.191 e. The molecule has 0 unspecified atom stereocenters. The summed E-state index contributed by atoms with van der Waals surface area (Å²) in [7, 11) is 4.27. The van der Waals surface area contributed by atoms with Crippen LogP contribution in [0.25, 0.3) is 0 Å². The molecule has 0 aliphatic rings. The molecule has 0 atom stereocenters. The van der Waals surface area contributed by atoms with Crippen molar-refractivity contribution in [1.82, 2.24) is 20.5 Å². The molecule has 0 bridgehead atoms. The number of hydrogen-bond acceptors (Lipinski definition) is 4. The predicted molar refractivity (Wildman–Crippen MR) is 117 cm³/mol. The van der Waals surface area contributed by atoms with Gasteiger partial charge >= 0.3 is 0 Å². The van der Waals surface area contributed by atoms with Crippen LogP contribution in [-0.4, -0.2) is 49.6 Å². The van der Waals surface area contributed by atoms with Crippen LogP contribution in [0.1, 0.15) is 48.9 Å². The Hall–Kier alpha value is -0.410. The van der Waals surface area contributed by atoms with Crippen LogP contribution in [0.3, 0.4) is 0 Å². The van der Waals surface area contributed by atoms with Gasteiger partial charge in [0.05, 0.1) is 6.54 Å². The highest BCUT2D eigenvalue weighted by atomic mass is 127. The lowest BCUT2D eigenvalue weighted by Crippen LogP contribution is -2.37. The number of aromatic nitrogens is 1. The number of nitrogens with zero attached hydrogens (tertiary/aromatic N) is 3. The molecule has 24 heavy (non-hydrogen) atoms. The van der Waals surface area contributed by atoms with E-state index in [4.69, 9.17) is 0 Å². The lowest BCUT2D eigenvalue weighted by atomic mass is 10.1. The first-order valence-corrected chi connectivity index (χ1v) is 9.51. The average molecular weight is 467 g/mol. The summed E-state index contributed by atoms with van der Waals surface area (Å²) in [6, 6.07) is 0. The zero-order valence-electron chi connectivity index (χ0n) is 15.6. The SMILES string of the molecule is CCNC(=NCc1ncc(C)s1)NCCCCCCCN(C)C.I. The molecule has 0 aromatic carbocycles. The average Bonchev–Trinajstić information content (AvgIpc) is 2.92. The highest BCUT2D eigenvalue weighted by Crippen LogP contribution is 2.11. The van der Waals surface area contributed by atoms with Gasteiger partial charge in [-0.25, -0.2) is 9.98 Å². The molecule has 0 aliphatic heterocycles. The zero-order chi connectivity index (χ0) is 16.9. The minimum absolute atomic E-state index is 0. The molecule has 5 nitrogen and oxygen atoms in total. The van der Waals surface area contributed by atoms with Crippen LogP contribution in [-0.2, 0) is 6.54 Å². The van der Waals surface area contributed by atoms with E-state index in [2.05, 4.69) is 53.5 Å². The maximum absolute atomic E-state index is 4.60. The van der Waals surface area contributed by atoms with Crippen molar-refractivity contribution >= 4 is 41.3 Å². The molecular formula is C17H34IN5S. The first-order valence-electron chi connectivity index (χ1n) is 8.70. The molecule has 1 aromatic rings. The van der Waals surface area contributed by atoms with Gasteiger partial charge in [-0.05, 0) is 47.3 Å². The van der Waals surface area contributed by atoms with Crippen LogP contribution in [0.5, 0.6) is 0 Å². The summed E-state index contributed by atoms with van der Waals surface area (Å²) in [5, 5.41) is 7.78. The Balaban J connectivity index is 0.00000529. The first kappa shape index (κ1) is 23.6. The Morgan fingerprint density at radius 2 is 1.88 bits per heavy atom. The van der Waals surface area contributed by atoms with E-state index in [9.17, 15) is 0 Å². The van der Waals surface area contributed by atoms with Crippen molar-refractivity contribution in [3.63, 3.8) is 0 Å².